The van der Waals surface area contributed by atoms with Crippen molar-refractivity contribution in [3.63, 3.8) is 0 Å². The summed E-state index contributed by atoms with van der Waals surface area (Å²) < 4.78 is 0. The van der Waals surface area contributed by atoms with E-state index in [1.807, 2.05) is 13.8 Å². The van der Waals surface area contributed by atoms with Crippen LogP contribution in [0.1, 0.15) is 13.8 Å². The fraction of sp³-hybridized carbons (Fsp3) is 0.700. The predicted molar refractivity (Wildman–Crippen MR) is 56.7 cm³/mol. The van der Waals surface area contributed by atoms with Crippen LogP contribution < -0.4 is 5.73 Å². The SMILES string of the molecule is C=CCN(CCO)C(=O)C(N)C(C)C. The normalized spacial score (nSPS) is 12.6. The Morgan fingerprint density at radius 1 is 1.64 bits per heavy atom. The number of amides is 1. The maximum absolute atomic E-state index is 11.7. The number of nitrogens with two attached hydrogens (primary N) is 1. The second-order valence-corrected chi connectivity index (χ2v) is 3.57. The smallest absolute Gasteiger partial charge is 0.240 e. The van der Waals surface area contributed by atoms with Gasteiger partial charge in [-0.05, 0) is 5.92 Å². The van der Waals surface area contributed by atoms with E-state index in [4.69, 9.17) is 10.8 Å². The minimum Gasteiger partial charge on any atom is -0.395 e. The molecule has 0 aliphatic carbocycles. The molecule has 14 heavy (non-hydrogen) atoms. The minimum absolute atomic E-state index is 0.0512. The van der Waals surface area contributed by atoms with Gasteiger partial charge in [0.1, 0.15) is 0 Å². The molecule has 0 aromatic rings. The first-order valence-corrected chi connectivity index (χ1v) is 4.80. The van der Waals surface area contributed by atoms with Crippen LogP contribution in [0.25, 0.3) is 0 Å². The Hall–Kier alpha value is -0.870. The molecule has 0 heterocycles. The van der Waals surface area contributed by atoms with Crippen molar-refractivity contribution in [1.29, 1.82) is 0 Å². The molecule has 4 heteroatoms. The second kappa shape index (κ2) is 6.56. The van der Waals surface area contributed by atoms with E-state index in [0.29, 0.717) is 13.1 Å². The number of rotatable bonds is 6. The van der Waals surface area contributed by atoms with Crippen molar-refractivity contribution in [2.24, 2.45) is 11.7 Å². The third-order valence-electron chi connectivity index (χ3n) is 2.03. The van der Waals surface area contributed by atoms with Gasteiger partial charge in [0.2, 0.25) is 5.91 Å². The fourth-order valence-electron chi connectivity index (χ4n) is 1.06. The molecule has 0 aliphatic heterocycles. The van der Waals surface area contributed by atoms with Crippen molar-refractivity contribution in [1.82, 2.24) is 4.90 Å². The predicted octanol–water partition coefficient (Wildman–Crippen LogP) is -0.0234. The lowest BCUT2D eigenvalue weighted by Crippen LogP contribution is -2.47. The van der Waals surface area contributed by atoms with E-state index in [0.717, 1.165) is 0 Å². The largest absolute Gasteiger partial charge is 0.395 e. The van der Waals surface area contributed by atoms with Crippen LogP contribution in [0.3, 0.4) is 0 Å². The first-order valence-electron chi connectivity index (χ1n) is 4.80. The Bertz CT molecular complexity index is 193. The molecule has 1 amide bonds. The molecule has 0 aliphatic rings. The van der Waals surface area contributed by atoms with Crippen LogP contribution in [-0.2, 0) is 4.79 Å². The van der Waals surface area contributed by atoms with Gasteiger partial charge in [0, 0.05) is 13.1 Å². The average molecular weight is 200 g/mol. The summed E-state index contributed by atoms with van der Waals surface area (Å²) in [6, 6.07) is -0.499. The van der Waals surface area contributed by atoms with Gasteiger partial charge in [-0.15, -0.1) is 6.58 Å². The van der Waals surface area contributed by atoms with Crippen LogP contribution in [0.2, 0.25) is 0 Å². The van der Waals surface area contributed by atoms with Gasteiger partial charge >= 0.3 is 0 Å². The molecule has 0 aromatic carbocycles. The lowest BCUT2D eigenvalue weighted by molar-refractivity contribution is -0.133. The van der Waals surface area contributed by atoms with E-state index < -0.39 is 6.04 Å². The molecule has 4 nitrogen and oxygen atoms in total. The van der Waals surface area contributed by atoms with Crippen LogP contribution in [0, 0.1) is 5.92 Å². The highest BCUT2D eigenvalue weighted by Gasteiger charge is 2.22. The zero-order valence-corrected chi connectivity index (χ0v) is 8.94. The highest BCUT2D eigenvalue weighted by Crippen LogP contribution is 2.03. The van der Waals surface area contributed by atoms with E-state index in [-0.39, 0.29) is 18.4 Å². The molecule has 0 aromatic heterocycles. The van der Waals surface area contributed by atoms with E-state index in [1.54, 1.807) is 6.08 Å². The lowest BCUT2D eigenvalue weighted by atomic mass is 10.0. The highest BCUT2D eigenvalue weighted by molar-refractivity contribution is 5.82. The molecule has 0 rings (SSSR count). The van der Waals surface area contributed by atoms with Crippen molar-refractivity contribution in [3.05, 3.63) is 12.7 Å². The summed E-state index contributed by atoms with van der Waals surface area (Å²) >= 11 is 0. The van der Waals surface area contributed by atoms with Crippen molar-refractivity contribution in [3.8, 4) is 0 Å². The number of hydrogen-bond donors (Lipinski definition) is 2. The maximum Gasteiger partial charge on any atom is 0.240 e. The van der Waals surface area contributed by atoms with Crippen molar-refractivity contribution >= 4 is 5.91 Å². The van der Waals surface area contributed by atoms with Crippen LogP contribution in [0.15, 0.2) is 12.7 Å². The van der Waals surface area contributed by atoms with E-state index in [9.17, 15) is 4.79 Å². The van der Waals surface area contributed by atoms with E-state index >= 15 is 0 Å². The molecule has 0 radical (unpaired) electrons. The summed E-state index contributed by atoms with van der Waals surface area (Å²) in [6.07, 6.45) is 1.63. The molecular weight excluding hydrogens is 180 g/mol. The number of aliphatic hydroxyl groups is 1. The van der Waals surface area contributed by atoms with Crippen LogP contribution in [-0.4, -0.2) is 41.7 Å². The molecular formula is C10H20N2O2. The van der Waals surface area contributed by atoms with Gasteiger partial charge in [0.15, 0.2) is 0 Å². The number of hydrogen-bond acceptors (Lipinski definition) is 3. The zero-order chi connectivity index (χ0) is 11.1. The van der Waals surface area contributed by atoms with Gasteiger partial charge in [0.25, 0.3) is 0 Å². The van der Waals surface area contributed by atoms with Crippen molar-refractivity contribution in [2.45, 2.75) is 19.9 Å². The van der Waals surface area contributed by atoms with Gasteiger partial charge in [-0.1, -0.05) is 19.9 Å². The Labute approximate surface area is 85.4 Å². The maximum atomic E-state index is 11.7. The summed E-state index contributed by atoms with van der Waals surface area (Å²) in [5.74, 6) is -0.0255. The standard InChI is InChI=1S/C10H20N2O2/c1-4-5-12(6-7-13)10(14)9(11)8(2)3/h4,8-9,13H,1,5-7,11H2,2-3H3. The summed E-state index contributed by atoms with van der Waals surface area (Å²) in [7, 11) is 0. The number of carbonyl (C=O) groups excluding carboxylic acids is 1. The number of carbonyl (C=O) groups is 1. The molecule has 1 atom stereocenters. The van der Waals surface area contributed by atoms with Crippen LogP contribution in [0.5, 0.6) is 0 Å². The zero-order valence-electron chi connectivity index (χ0n) is 8.94. The fourth-order valence-corrected chi connectivity index (χ4v) is 1.06. The molecule has 0 bridgehead atoms. The summed E-state index contributed by atoms with van der Waals surface area (Å²) in [5.41, 5.74) is 5.71. The second-order valence-electron chi connectivity index (χ2n) is 3.57. The van der Waals surface area contributed by atoms with Gasteiger partial charge in [-0.2, -0.15) is 0 Å². The summed E-state index contributed by atoms with van der Waals surface area (Å²) in [5, 5.41) is 8.76. The molecule has 3 N–H and O–H groups in total. The summed E-state index contributed by atoms with van der Waals surface area (Å²) in [4.78, 5) is 13.2. The third kappa shape index (κ3) is 3.89. The Morgan fingerprint density at radius 2 is 2.21 bits per heavy atom. The monoisotopic (exact) mass is 200 g/mol. The Kier molecular flexibility index (Phi) is 6.16. The molecule has 0 spiro atoms. The van der Waals surface area contributed by atoms with Crippen molar-refractivity contribution in [2.75, 3.05) is 19.7 Å². The van der Waals surface area contributed by atoms with Crippen LogP contribution >= 0.6 is 0 Å². The van der Waals surface area contributed by atoms with E-state index in [2.05, 4.69) is 6.58 Å². The summed E-state index contributed by atoms with van der Waals surface area (Å²) in [6.45, 7) is 8.04. The van der Waals surface area contributed by atoms with Crippen LogP contribution in [0.4, 0.5) is 0 Å². The first kappa shape index (κ1) is 13.1. The molecule has 0 saturated heterocycles. The number of nitrogens with zero attached hydrogens (tertiary/aromatic N) is 1. The Balaban J connectivity index is 4.33. The van der Waals surface area contributed by atoms with E-state index in [1.165, 1.54) is 4.90 Å². The molecule has 82 valence electrons. The quantitative estimate of drug-likeness (QED) is 0.592. The van der Waals surface area contributed by atoms with Gasteiger partial charge < -0.3 is 15.7 Å². The molecule has 0 fully saturated rings. The van der Waals surface area contributed by atoms with Gasteiger partial charge in [0.05, 0.1) is 12.6 Å². The van der Waals surface area contributed by atoms with Gasteiger partial charge in [-0.3, -0.25) is 4.79 Å². The molecule has 1 unspecified atom stereocenters. The number of aliphatic hydroxyl groups excluding tert-OH is 1. The first-order chi connectivity index (χ1) is 6.54. The third-order valence-corrected chi connectivity index (χ3v) is 2.03. The lowest BCUT2D eigenvalue weighted by Gasteiger charge is -2.25. The topological polar surface area (TPSA) is 66.6 Å². The molecule has 0 saturated carbocycles. The van der Waals surface area contributed by atoms with Gasteiger partial charge in [-0.25, -0.2) is 0 Å². The highest BCUT2D eigenvalue weighted by atomic mass is 16.3. The Morgan fingerprint density at radius 3 is 2.57 bits per heavy atom. The average Bonchev–Trinajstić information content (AvgIpc) is 2.15. The minimum atomic E-state index is -0.499. The van der Waals surface area contributed by atoms with Crippen molar-refractivity contribution < 1.29 is 9.90 Å².